The number of hydrogen-bond acceptors (Lipinski definition) is 2. The lowest BCUT2D eigenvalue weighted by molar-refractivity contribution is -0.144. The van der Waals surface area contributed by atoms with E-state index in [0.717, 1.165) is 45.2 Å². The first-order chi connectivity index (χ1) is 10.1. The monoisotopic (exact) mass is 296 g/mol. The molecule has 1 saturated heterocycles. The number of hydrogen-bond donors (Lipinski definition) is 2. The highest BCUT2D eigenvalue weighted by atomic mass is 16.4. The summed E-state index contributed by atoms with van der Waals surface area (Å²) in [5.41, 5.74) is 0. The molecular weight excluding hydrogens is 268 g/mol. The van der Waals surface area contributed by atoms with Gasteiger partial charge in [0.15, 0.2) is 0 Å². The van der Waals surface area contributed by atoms with Gasteiger partial charge in [-0.1, -0.05) is 26.2 Å². The fourth-order valence-corrected chi connectivity index (χ4v) is 3.77. The van der Waals surface area contributed by atoms with Gasteiger partial charge < -0.3 is 15.3 Å². The molecule has 0 aromatic heterocycles. The second-order valence-electron chi connectivity index (χ2n) is 6.56. The number of carboxylic acids is 1. The second-order valence-corrected chi connectivity index (χ2v) is 6.56. The molecule has 0 aromatic rings. The Morgan fingerprint density at radius 3 is 2.71 bits per heavy atom. The van der Waals surface area contributed by atoms with Gasteiger partial charge >= 0.3 is 12.0 Å². The zero-order chi connectivity index (χ0) is 15.2. The molecule has 2 rings (SSSR count). The van der Waals surface area contributed by atoms with Gasteiger partial charge in [0.25, 0.3) is 0 Å². The van der Waals surface area contributed by atoms with Crippen molar-refractivity contribution in [2.45, 2.75) is 51.9 Å². The van der Waals surface area contributed by atoms with Crippen molar-refractivity contribution in [3.63, 3.8) is 0 Å². The number of carbonyl (C=O) groups is 2. The number of nitrogens with one attached hydrogen (secondary N) is 1. The number of aliphatic carboxylic acids is 1. The zero-order valence-electron chi connectivity index (χ0n) is 13.0. The van der Waals surface area contributed by atoms with Crippen molar-refractivity contribution in [3.8, 4) is 0 Å². The van der Waals surface area contributed by atoms with E-state index >= 15 is 0 Å². The standard InChI is InChI=1S/C16H28N2O3/c1-2-5-12-8-9-18(11-12)16(21)17-10-13-6-3-4-7-14(13)15(19)20/h12-14H,2-11H2,1H3,(H,17,21)(H,19,20). The molecule has 0 radical (unpaired) electrons. The number of rotatable bonds is 5. The van der Waals surface area contributed by atoms with Crippen molar-refractivity contribution in [2.75, 3.05) is 19.6 Å². The maximum absolute atomic E-state index is 12.2. The predicted molar refractivity (Wildman–Crippen MR) is 81.1 cm³/mol. The summed E-state index contributed by atoms with van der Waals surface area (Å²) in [6.45, 7) is 4.37. The fraction of sp³-hybridized carbons (Fsp3) is 0.875. The Hall–Kier alpha value is -1.26. The molecule has 2 fully saturated rings. The van der Waals surface area contributed by atoms with Crippen LogP contribution >= 0.6 is 0 Å². The highest BCUT2D eigenvalue weighted by Gasteiger charge is 2.32. The Morgan fingerprint density at radius 2 is 2.00 bits per heavy atom. The molecule has 0 bridgehead atoms. The predicted octanol–water partition coefficient (Wildman–Crippen LogP) is 2.71. The largest absolute Gasteiger partial charge is 0.481 e. The third kappa shape index (κ3) is 4.35. The summed E-state index contributed by atoms with van der Waals surface area (Å²) in [5.74, 6) is -0.264. The van der Waals surface area contributed by atoms with Crippen molar-refractivity contribution >= 4 is 12.0 Å². The van der Waals surface area contributed by atoms with Crippen LogP contribution in [-0.4, -0.2) is 41.6 Å². The number of nitrogens with zero attached hydrogens (tertiary/aromatic N) is 1. The van der Waals surface area contributed by atoms with Crippen LogP contribution in [0.4, 0.5) is 4.79 Å². The third-order valence-electron chi connectivity index (χ3n) is 5.01. The Morgan fingerprint density at radius 1 is 1.24 bits per heavy atom. The van der Waals surface area contributed by atoms with E-state index in [9.17, 15) is 14.7 Å². The molecular formula is C16H28N2O3. The molecule has 120 valence electrons. The normalized spacial score (nSPS) is 29.4. The molecule has 2 aliphatic rings. The minimum absolute atomic E-state index is 0.0108. The van der Waals surface area contributed by atoms with Crippen LogP contribution in [-0.2, 0) is 4.79 Å². The van der Waals surface area contributed by atoms with E-state index in [0.29, 0.717) is 12.5 Å². The van der Waals surface area contributed by atoms with Crippen LogP contribution in [0.5, 0.6) is 0 Å². The first-order valence-corrected chi connectivity index (χ1v) is 8.37. The van der Waals surface area contributed by atoms with E-state index in [-0.39, 0.29) is 17.9 Å². The Labute approximate surface area is 127 Å². The third-order valence-corrected chi connectivity index (χ3v) is 5.01. The zero-order valence-corrected chi connectivity index (χ0v) is 13.0. The molecule has 1 aliphatic carbocycles. The fourth-order valence-electron chi connectivity index (χ4n) is 3.77. The molecule has 1 saturated carbocycles. The Balaban J connectivity index is 1.77. The van der Waals surface area contributed by atoms with Crippen LogP contribution in [0, 0.1) is 17.8 Å². The number of urea groups is 1. The van der Waals surface area contributed by atoms with Crippen LogP contribution in [0.25, 0.3) is 0 Å². The lowest BCUT2D eigenvalue weighted by Gasteiger charge is -2.29. The Bertz CT molecular complexity index is 373. The van der Waals surface area contributed by atoms with Gasteiger partial charge in [0.05, 0.1) is 5.92 Å². The SMILES string of the molecule is CCCC1CCN(C(=O)NCC2CCCCC2C(=O)O)C1. The maximum atomic E-state index is 12.2. The molecule has 3 atom stereocenters. The molecule has 1 aliphatic heterocycles. The minimum atomic E-state index is -0.710. The molecule has 2 amide bonds. The average Bonchev–Trinajstić information content (AvgIpc) is 2.94. The van der Waals surface area contributed by atoms with Crippen LogP contribution in [0.1, 0.15) is 51.9 Å². The summed E-state index contributed by atoms with van der Waals surface area (Å²) in [4.78, 5) is 25.3. The van der Waals surface area contributed by atoms with Crippen molar-refractivity contribution in [3.05, 3.63) is 0 Å². The first-order valence-electron chi connectivity index (χ1n) is 8.37. The average molecular weight is 296 g/mol. The highest BCUT2D eigenvalue weighted by molar-refractivity contribution is 5.75. The summed E-state index contributed by atoms with van der Waals surface area (Å²) >= 11 is 0. The number of amides is 2. The second kappa shape index (κ2) is 7.66. The van der Waals surface area contributed by atoms with E-state index in [1.165, 1.54) is 12.8 Å². The van der Waals surface area contributed by atoms with Crippen molar-refractivity contribution in [1.29, 1.82) is 0 Å². The van der Waals surface area contributed by atoms with Crippen LogP contribution < -0.4 is 5.32 Å². The molecule has 0 aromatic carbocycles. The van der Waals surface area contributed by atoms with Crippen LogP contribution in [0.3, 0.4) is 0 Å². The molecule has 5 heteroatoms. The smallest absolute Gasteiger partial charge is 0.317 e. The van der Waals surface area contributed by atoms with Crippen molar-refractivity contribution in [1.82, 2.24) is 10.2 Å². The van der Waals surface area contributed by atoms with Gasteiger partial charge in [0.1, 0.15) is 0 Å². The van der Waals surface area contributed by atoms with Crippen molar-refractivity contribution in [2.24, 2.45) is 17.8 Å². The first kappa shape index (κ1) is 16.1. The molecule has 5 nitrogen and oxygen atoms in total. The summed E-state index contributed by atoms with van der Waals surface area (Å²) in [6.07, 6.45) is 7.19. The molecule has 2 N–H and O–H groups in total. The van der Waals surface area contributed by atoms with E-state index < -0.39 is 5.97 Å². The van der Waals surface area contributed by atoms with E-state index in [1.54, 1.807) is 0 Å². The van der Waals surface area contributed by atoms with Gasteiger partial charge in [-0.2, -0.15) is 0 Å². The van der Waals surface area contributed by atoms with Crippen molar-refractivity contribution < 1.29 is 14.7 Å². The molecule has 21 heavy (non-hydrogen) atoms. The topological polar surface area (TPSA) is 69.6 Å². The van der Waals surface area contributed by atoms with Crippen LogP contribution in [0.15, 0.2) is 0 Å². The van der Waals surface area contributed by atoms with Gasteiger partial charge in [0.2, 0.25) is 0 Å². The minimum Gasteiger partial charge on any atom is -0.481 e. The van der Waals surface area contributed by atoms with Gasteiger partial charge in [0, 0.05) is 19.6 Å². The lowest BCUT2D eigenvalue weighted by Crippen LogP contribution is -2.43. The molecule has 0 spiro atoms. The number of carbonyl (C=O) groups excluding carboxylic acids is 1. The number of carboxylic acid groups (broad SMARTS) is 1. The summed E-state index contributed by atoms with van der Waals surface area (Å²) < 4.78 is 0. The van der Waals surface area contributed by atoms with Crippen LogP contribution in [0.2, 0.25) is 0 Å². The van der Waals surface area contributed by atoms with Gasteiger partial charge in [-0.25, -0.2) is 4.79 Å². The lowest BCUT2D eigenvalue weighted by atomic mass is 9.79. The van der Waals surface area contributed by atoms with E-state index in [4.69, 9.17) is 0 Å². The molecule has 3 unspecified atom stereocenters. The van der Waals surface area contributed by atoms with E-state index in [1.807, 2.05) is 4.90 Å². The number of likely N-dealkylation sites (tertiary alicyclic amines) is 1. The maximum Gasteiger partial charge on any atom is 0.317 e. The van der Waals surface area contributed by atoms with E-state index in [2.05, 4.69) is 12.2 Å². The van der Waals surface area contributed by atoms with Gasteiger partial charge in [-0.15, -0.1) is 0 Å². The summed E-state index contributed by atoms with van der Waals surface area (Å²) in [5, 5.41) is 12.2. The summed E-state index contributed by atoms with van der Waals surface area (Å²) in [7, 11) is 0. The summed E-state index contributed by atoms with van der Waals surface area (Å²) in [6, 6.07) is -0.0108. The highest BCUT2D eigenvalue weighted by Crippen LogP contribution is 2.30. The molecule has 1 heterocycles. The quantitative estimate of drug-likeness (QED) is 0.819. The van der Waals surface area contributed by atoms with Gasteiger partial charge in [-0.05, 0) is 37.5 Å². The van der Waals surface area contributed by atoms with Gasteiger partial charge in [-0.3, -0.25) is 4.79 Å². The Kier molecular flexibility index (Phi) is 5.88.